The molecule has 0 aromatic heterocycles. The molecule has 57 heavy (non-hydrogen) atoms. The summed E-state index contributed by atoms with van der Waals surface area (Å²) in [7, 11) is 0. The van der Waals surface area contributed by atoms with Crippen molar-refractivity contribution in [2.24, 2.45) is 0 Å². The molecule has 1 spiro atoms. The van der Waals surface area contributed by atoms with Gasteiger partial charge in [0.1, 0.15) is 0 Å². The maximum atomic E-state index is 2.49. The van der Waals surface area contributed by atoms with Crippen molar-refractivity contribution in [2.45, 2.75) is 5.41 Å². The van der Waals surface area contributed by atoms with Gasteiger partial charge in [-0.25, -0.2) is 0 Å². The lowest BCUT2D eigenvalue weighted by Gasteiger charge is -2.37. The van der Waals surface area contributed by atoms with Crippen LogP contribution >= 0.6 is 0 Å². The van der Waals surface area contributed by atoms with Crippen LogP contribution in [0.25, 0.3) is 33.4 Å². The first-order chi connectivity index (χ1) is 28.3. The number of hydrogen-bond donors (Lipinski definition) is 0. The summed E-state index contributed by atoms with van der Waals surface area (Å²) in [5, 5.41) is 0. The zero-order chi connectivity index (χ0) is 37.8. The van der Waals surface area contributed by atoms with Gasteiger partial charge in [-0.2, -0.15) is 0 Å². The molecule has 2 aliphatic carbocycles. The predicted octanol–water partition coefficient (Wildman–Crippen LogP) is 14.6. The molecular weight excluding hydrogens is 689 g/mol. The number of para-hydroxylation sites is 4. The van der Waals surface area contributed by atoms with Gasteiger partial charge in [-0.05, 0) is 128 Å². The quantitative estimate of drug-likeness (QED) is 0.168. The van der Waals surface area contributed by atoms with Crippen LogP contribution in [0.5, 0.6) is 0 Å². The molecule has 0 heterocycles. The van der Waals surface area contributed by atoms with Crippen LogP contribution < -0.4 is 9.80 Å². The summed E-state index contributed by atoms with van der Waals surface area (Å²) in [4.78, 5) is 4.78. The first-order valence-corrected chi connectivity index (χ1v) is 19.7. The SMILES string of the molecule is c1ccc(N(c2ccccc2)c2ccc3c(c2)C2(c4ccccc4-c4ccccc4-3)c3ccccc3-c3ccc(N(c4ccccc4)c4ccccc4)cc32)cc1. The molecule has 0 aliphatic heterocycles. The van der Waals surface area contributed by atoms with Gasteiger partial charge in [-0.3, -0.25) is 0 Å². The molecule has 0 saturated carbocycles. The molecule has 2 nitrogen and oxygen atoms in total. The third kappa shape index (κ3) is 5.11. The van der Waals surface area contributed by atoms with Crippen molar-refractivity contribution in [3.63, 3.8) is 0 Å². The zero-order valence-electron chi connectivity index (χ0n) is 31.3. The average molecular weight is 727 g/mol. The Kier molecular flexibility index (Phi) is 7.75. The second kappa shape index (κ2) is 13.4. The van der Waals surface area contributed by atoms with E-state index in [2.05, 4.69) is 240 Å². The Balaban J connectivity index is 1.27. The van der Waals surface area contributed by atoms with E-state index >= 15 is 0 Å². The summed E-state index contributed by atoms with van der Waals surface area (Å²) in [5.74, 6) is 0. The highest BCUT2D eigenvalue weighted by molar-refractivity contribution is 5.99. The number of anilines is 6. The lowest BCUT2D eigenvalue weighted by molar-refractivity contribution is 0.775. The van der Waals surface area contributed by atoms with Gasteiger partial charge in [0.05, 0.1) is 5.41 Å². The van der Waals surface area contributed by atoms with Crippen LogP contribution in [0.15, 0.2) is 231 Å². The fourth-order valence-corrected chi connectivity index (χ4v) is 9.55. The summed E-state index contributed by atoms with van der Waals surface area (Å²) >= 11 is 0. The number of hydrogen-bond acceptors (Lipinski definition) is 2. The van der Waals surface area contributed by atoms with Crippen molar-refractivity contribution in [1.82, 2.24) is 0 Å². The van der Waals surface area contributed by atoms with Crippen molar-refractivity contribution >= 4 is 34.1 Å². The van der Waals surface area contributed by atoms with Crippen LogP contribution in [0.2, 0.25) is 0 Å². The van der Waals surface area contributed by atoms with Crippen molar-refractivity contribution in [1.29, 1.82) is 0 Å². The fraction of sp³-hybridized carbons (Fsp3) is 0.0182. The van der Waals surface area contributed by atoms with Gasteiger partial charge in [0.25, 0.3) is 0 Å². The molecule has 0 N–H and O–H groups in total. The van der Waals surface area contributed by atoms with Crippen molar-refractivity contribution in [2.75, 3.05) is 9.80 Å². The van der Waals surface area contributed by atoms with Gasteiger partial charge in [0.2, 0.25) is 0 Å². The normalized spacial score (nSPS) is 14.4. The van der Waals surface area contributed by atoms with Gasteiger partial charge in [-0.1, -0.05) is 158 Å². The smallest absolute Gasteiger partial charge is 0.0727 e. The average Bonchev–Trinajstić information content (AvgIpc) is 3.52. The fourth-order valence-electron chi connectivity index (χ4n) is 9.55. The molecule has 0 amide bonds. The minimum atomic E-state index is -0.652. The van der Waals surface area contributed by atoms with E-state index in [9.17, 15) is 0 Å². The molecule has 268 valence electrons. The Morgan fingerprint density at radius 2 is 0.491 bits per heavy atom. The maximum absolute atomic E-state index is 2.49. The number of nitrogens with zero attached hydrogens (tertiary/aromatic N) is 2. The topological polar surface area (TPSA) is 6.48 Å². The van der Waals surface area contributed by atoms with E-state index in [4.69, 9.17) is 0 Å². The molecule has 2 aliphatic rings. The second-order valence-electron chi connectivity index (χ2n) is 14.9. The van der Waals surface area contributed by atoms with Crippen LogP contribution in [0.1, 0.15) is 22.3 Å². The highest BCUT2D eigenvalue weighted by Gasteiger charge is 2.50. The van der Waals surface area contributed by atoms with E-state index in [0.29, 0.717) is 0 Å². The lowest BCUT2D eigenvalue weighted by atomic mass is 9.65. The number of benzene rings is 9. The summed E-state index contributed by atoms with van der Waals surface area (Å²) in [6.07, 6.45) is 0. The third-order valence-corrected chi connectivity index (χ3v) is 11.8. The van der Waals surface area contributed by atoms with Gasteiger partial charge >= 0.3 is 0 Å². The van der Waals surface area contributed by atoms with E-state index < -0.39 is 5.41 Å². The van der Waals surface area contributed by atoms with E-state index in [-0.39, 0.29) is 0 Å². The van der Waals surface area contributed by atoms with Gasteiger partial charge in [-0.15, -0.1) is 0 Å². The first-order valence-electron chi connectivity index (χ1n) is 19.7. The number of fused-ring (bicyclic) bond motifs is 12. The Hall–Kier alpha value is -7.42. The molecule has 0 saturated heterocycles. The standard InChI is InChI=1S/C55H38N2/c1-5-19-39(20-6-1)56(40-21-7-2-8-22-40)43-33-35-49-46-28-14-13-27-45(46)47-29-15-17-31-51(47)55(53(49)37-43)52-32-18-16-30-48(52)50-36-34-44(38-54(50)55)57(41-23-9-3-10-24-41)42-25-11-4-12-26-42/h1-38H. The molecular formula is C55H38N2. The molecule has 2 heteroatoms. The molecule has 0 bridgehead atoms. The van der Waals surface area contributed by atoms with Crippen LogP contribution in [-0.2, 0) is 5.41 Å². The highest BCUT2D eigenvalue weighted by Crippen LogP contribution is 2.62. The first kappa shape index (κ1) is 33.0. The minimum Gasteiger partial charge on any atom is -0.310 e. The van der Waals surface area contributed by atoms with Crippen LogP contribution in [0.4, 0.5) is 34.1 Å². The molecule has 1 atom stereocenters. The summed E-state index contributed by atoms with van der Waals surface area (Å²) in [5.41, 5.74) is 18.7. The third-order valence-electron chi connectivity index (χ3n) is 11.8. The zero-order valence-corrected chi connectivity index (χ0v) is 31.3. The Morgan fingerprint density at radius 1 is 0.211 bits per heavy atom. The monoisotopic (exact) mass is 726 g/mol. The minimum absolute atomic E-state index is 0.652. The van der Waals surface area contributed by atoms with Crippen molar-refractivity contribution in [3.05, 3.63) is 253 Å². The van der Waals surface area contributed by atoms with Gasteiger partial charge < -0.3 is 9.80 Å². The number of rotatable bonds is 6. The van der Waals surface area contributed by atoms with Crippen LogP contribution in [0.3, 0.4) is 0 Å². The molecule has 9 aromatic carbocycles. The molecule has 11 rings (SSSR count). The Bertz CT molecular complexity index is 2820. The Labute approximate surface area is 334 Å². The van der Waals surface area contributed by atoms with E-state index in [1.807, 2.05) is 0 Å². The maximum Gasteiger partial charge on any atom is 0.0727 e. The highest BCUT2D eigenvalue weighted by atomic mass is 15.1. The van der Waals surface area contributed by atoms with Crippen molar-refractivity contribution in [3.8, 4) is 33.4 Å². The van der Waals surface area contributed by atoms with E-state index in [1.165, 1.54) is 55.6 Å². The van der Waals surface area contributed by atoms with Crippen LogP contribution in [-0.4, -0.2) is 0 Å². The van der Waals surface area contributed by atoms with Crippen LogP contribution in [0, 0.1) is 0 Å². The van der Waals surface area contributed by atoms with Gasteiger partial charge in [0, 0.05) is 34.1 Å². The molecule has 9 aromatic rings. The predicted molar refractivity (Wildman–Crippen MR) is 238 cm³/mol. The van der Waals surface area contributed by atoms with Crippen molar-refractivity contribution < 1.29 is 0 Å². The molecule has 0 radical (unpaired) electrons. The largest absolute Gasteiger partial charge is 0.310 e. The second-order valence-corrected chi connectivity index (χ2v) is 14.9. The lowest BCUT2D eigenvalue weighted by Crippen LogP contribution is -2.30. The Morgan fingerprint density at radius 3 is 0.877 bits per heavy atom. The summed E-state index contributed by atoms with van der Waals surface area (Å²) < 4.78 is 0. The van der Waals surface area contributed by atoms with E-state index in [1.54, 1.807) is 0 Å². The molecule has 0 fully saturated rings. The summed E-state index contributed by atoms with van der Waals surface area (Å²) in [6, 6.07) is 84.5. The molecule has 1 unspecified atom stereocenters. The summed E-state index contributed by atoms with van der Waals surface area (Å²) in [6.45, 7) is 0. The van der Waals surface area contributed by atoms with Gasteiger partial charge in [0.15, 0.2) is 0 Å². The van der Waals surface area contributed by atoms with E-state index in [0.717, 1.165) is 34.1 Å².